The van der Waals surface area contributed by atoms with E-state index in [-0.39, 0.29) is 5.91 Å². The third-order valence-corrected chi connectivity index (χ3v) is 3.21. The summed E-state index contributed by atoms with van der Waals surface area (Å²) in [6, 6.07) is 7.43. The first kappa shape index (κ1) is 11.9. The van der Waals surface area contributed by atoms with Gasteiger partial charge in [0.05, 0.1) is 18.1 Å². The highest BCUT2D eigenvalue weighted by atomic mass is 16.2. The van der Waals surface area contributed by atoms with Crippen LogP contribution in [0.5, 0.6) is 0 Å². The van der Waals surface area contributed by atoms with Crippen molar-refractivity contribution in [3.8, 4) is 5.69 Å². The molecule has 3 rings (SSSR count). The lowest BCUT2D eigenvalue weighted by atomic mass is 10.1. The molecule has 98 valence electrons. The SMILES string of the molecule is O=C(c1ccc(-n2ccnn2)cc1)N1CCNCC1. The lowest BCUT2D eigenvalue weighted by Crippen LogP contribution is -2.46. The van der Waals surface area contributed by atoms with Crippen molar-refractivity contribution >= 4 is 5.91 Å². The number of nitrogens with zero attached hydrogens (tertiary/aromatic N) is 4. The summed E-state index contributed by atoms with van der Waals surface area (Å²) in [5.74, 6) is 0.0895. The van der Waals surface area contributed by atoms with Crippen LogP contribution in [0, 0.1) is 0 Å². The number of carbonyl (C=O) groups is 1. The zero-order valence-electron chi connectivity index (χ0n) is 10.5. The summed E-state index contributed by atoms with van der Waals surface area (Å²) in [6.45, 7) is 3.26. The number of hydrogen-bond acceptors (Lipinski definition) is 4. The molecule has 2 aromatic rings. The van der Waals surface area contributed by atoms with Crippen molar-refractivity contribution in [1.29, 1.82) is 0 Å². The van der Waals surface area contributed by atoms with Crippen molar-refractivity contribution < 1.29 is 4.79 Å². The van der Waals surface area contributed by atoms with Gasteiger partial charge in [-0.3, -0.25) is 4.79 Å². The minimum absolute atomic E-state index is 0.0895. The Morgan fingerprint density at radius 1 is 1.16 bits per heavy atom. The van der Waals surface area contributed by atoms with Crippen LogP contribution < -0.4 is 5.32 Å². The summed E-state index contributed by atoms with van der Waals surface area (Å²) in [5, 5.41) is 10.9. The minimum Gasteiger partial charge on any atom is -0.336 e. The van der Waals surface area contributed by atoms with Gasteiger partial charge < -0.3 is 10.2 Å². The van der Waals surface area contributed by atoms with Gasteiger partial charge in [0.1, 0.15) is 0 Å². The molecule has 19 heavy (non-hydrogen) atoms. The molecule has 6 nitrogen and oxygen atoms in total. The van der Waals surface area contributed by atoms with Crippen molar-refractivity contribution in [3.63, 3.8) is 0 Å². The second-order valence-electron chi connectivity index (χ2n) is 4.44. The van der Waals surface area contributed by atoms with E-state index in [9.17, 15) is 4.79 Å². The number of amides is 1. The fourth-order valence-electron chi connectivity index (χ4n) is 2.15. The second kappa shape index (κ2) is 5.19. The van der Waals surface area contributed by atoms with E-state index in [0.29, 0.717) is 5.56 Å². The molecule has 1 saturated heterocycles. The van der Waals surface area contributed by atoms with Gasteiger partial charge in [-0.15, -0.1) is 5.10 Å². The molecule has 6 heteroatoms. The van der Waals surface area contributed by atoms with E-state index in [4.69, 9.17) is 0 Å². The first-order valence-electron chi connectivity index (χ1n) is 6.31. The van der Waals surface area contributed by atoms with Gasteiger partial charge in [-0.1, -0.05) is 5.21 Å². The van der Waals surface area contributed by atoms with Gasteiger partial charge in [0.25, 0.3) is 5.91 Å². The highest BCUT2D eigenvalue weighted by molar-refractivity contribution is 5.94. The molecular formula is C13H15N5O. The maximum absolute atomic E-state index is 12.3. The first-order chi connectivity index (χ1) is 9.34. The Balaban J connectivity index is 1.76. The fraction of sp³-hybridized carbons (Fsp3) is 0.308. The Morgan fingerprint density at radius 3 is 2.53 bits per heavy atom. The predicted octanol–water partition coefficient (Wildman–Crippen LogP) is 0.313. The van der Waals surface area contributed by atoms with Crippen LogP contribution in [0.1, 0.15) is 10.4 Å². The van der Waals surface area contributed by atoms with Crippen LogP contribution in [0.2, 0.25) is 0 Å². The third kappa shape index (κ3) is 2.48. The molecule has 2 heterocycles. The lowest BCUT2D eigenvalue weighted by molar-refractivity contribution is 0.0736. The highest BCUT2D eigenvalue weighted by Crippen LogP contribution is 2.11. The average Bonchev–Trinajstić information content (AvgIpc) is 3.02. The molecule has 0 unspecified atom stereocenters. The largest absolute Gasteiger partial charge is 0.336 e. The molecule has 0 spiro atoms. The van der Waals surface area contributed by atoms with Gasteiger partial charge >= 0.3 is 0 Å². The molecule has 0 saturated carbocycles. The van der Waals surface area contributed by atoms with E-state index in [0.717, 1.165) is 31.9 Å². The average molecular weight is 257 g/mol. The van der Waals surface area contributed by atoms with Crippen molar-refractivity contribution in [2.24, 2.45) is 0 Å². The highest BCUT2D eigenvalue weighted by Gasteiger charge is 2.17. The van der Waals surface area contributed by atoms with E-state index in [1.807, 2.05) is 29.2 Å². The number of benzene rings is 1. The molecule has 1 aliphatic heterocycles. The van der Waals surface area contributed by atoms with E-state index in [2.05, 4.69) is 15.6 Å². The van der Waals surface area contributed by atoms with Crippen LogP contribution in [0.15, 0.2) is 36.7 Å². The molecule has 1 aliphatic rings. The van der Waals surface area contributed by atoms with Crippen molar-refractivity contribution in [2.45, 2.75) is 0 Å². The molecule has 1 N–H and O–H groups in total. The van der Waals surface area contributed by atoms with E-state index < -0.39 is 0 Å². The quantitative estimate of drug-likeness (QED) is 0.841. The number of rotatable bonds is 2. The van der Waals surface area contributed by atoms with Crippen molar-refractivity contribution in [3.05, 3.63) is 42.2 Å². The Morgan fingerprint density at radius 2 is 1.89 bits per heavy atom. The van der Waals surface area contributed by atoms with Crippen molar-refractivity contribution in [1.82, 2.24) is 25.2 Å². The monoisotopic (exact) mass is 257 g/mol. The zero-order chi connectivity index (χ0) is 13.1. The van der Waals surface area contributed by atoms with Gasteiger partial charge in [0.2, 0.25) is 0 Å². The number of hydrogen-bond donors (Lipinski definition) is 1. The maximum atomic E-state index is 12.3. The molecule has 1 aromatic heterocycles. The smallest absolute Gasteiger partial charge is 0.253 e. The number of piperazine rings is 1. The van der Waals surface area contributed by atoms with Crippen LogP contribution in [0.25, 0.3) is 5.69 Å². The van der Waals surface area contributed by atoms with Gasteiger partial charge in [0.15, 0.2) is 0 Å². The maximum Gasteiger partial charge on any atom is 0.253 e. The van der Waals surface area contributed by atoms with Crippen LogP contribution in [0.4, 0.5) is 0 Å². The van der Waals surface area contributed by atoms with Gasteiger partial charge in [0, 0.05) is 31.7 Å². The van der Waals surface area contributed by atoms with Crippen molar-refractivity contribution in [2.75, 3.05) is 26.2 Å². The molecule has 0 aliphatic carbocycles. The predicted molar refractivity (Wildman–Crippen MR) is 70.1 cm³/mol. The first-order valence-corrected chi connectivity index (χ1v) is 6.31. The summed E-state index contributed by atoms with van der Waals surface area (Å²) in [6.07, 6.45) is 3.40. The molecule has 1 fully saturated rings. The second-order valence-corrected chi connectivity index (χ2v) is 4.44. The number of aromatic nitrogens is 3. The Bertz CT molecular complexity index is 543. The Kier molecular flexibility index (Phi) is 3.24. The topological polar surface area (TPSA) is 63.1 Å². The normalized spacial score (nSPS) is 15.5. The van der Waals surface area contributed by atoms with Gasteiger partial charge in [-0.2, -0.15) is 0 Å². The lowest BCUT2D eigenvalue weighted by Gasteiger charge is -2.27. The molecule has 1 amide bonds. The third-order valence-electron chi connectivity index (χ3n) is 3.21. The molecular weight excluding hydrogens is 242 g/mol. The van der Waals surface area contributed by atoms with Gasteiger partial charge in [-0.05, 0) is 24.3 Å². The number of carbonyl (C=O) groups excluding carboxylic acids is 1. The fourth-order valence-corrected chi connectivity index (χ4v) is 2.15. The number of nitrogens with one attached hydrogen (secondary N) is 1. The molecule has 0 bridgehead atoms. The summed E-state index contributed by atoms with van der Waals surface area (Å²) >= 11 is 0. The van der Waals surface area contributed by atoms with Crippen LogP contribution in [0.3, 0.4) is 0 Å². The van der Waals surface area contributed by atoms with E-state index in [1.54, 1.807) is 17.1 Å². The van der Waals surface area contributed by atoms with Crippen LogP contribution in [-0.4, -0.2) is 52.0 Å². The molecule has 1 aromatic carbocycles. The van der Waals surface area contributed by atoms with Crippen LogP contribution >= 0.6 is 0 Å². The summed E-state index contributed by atoms with van der Waals surface area (Å²) < 4.78 is 1.67. The van der Waals surface area contributed by atoms with Gasteiger partial charge in [-0.25, -0.2) is 4.68 Å². The standard InChI is InChI=1S/C13H15N5O/c19-13(17-8-5-14-6-9-17)11-1-3-12(4-2-11)18-10-7-15-16-18/h1-4,7,10,14H,5-6,8-9H2. The summed E-state index contributed by atoms with van der Waals surface area (Å²) in [5.41, 5.74) is 1.61. The molecule has 0 radical (unpaired) electrons. The van der Waals surface area contributed by atoms with E-state index in [1.165, 1.54) is 0 Å². The Hall–Kier alpha value is -2.21. The minimum atomic E-state index is 0.0895. The zero-order valence-corrected chi connectivity index (χ0v) is 10.5. The molecule has 0 atom stereocenters. The van der Waals surface area contributed by atoms with E-state index >= 15 is 0 Å². The van der Waals surface area contributed by atoms with Crippen LogP contribution in [-0.2, 0) is 0 Å². The Labute approximate surface area is 111 Å². The summed E-state index contributed by atoms with van der Waals surface area (Å²) in [4.78, 5) is 14.1. The summed E-state index contributed by atoms with van der Waals surface area (Å²) in [7, 11) is 0.